The van der Waals surface area contributed by atoms with Crippen LogP contribution in [0.1, 0.15) is 48.5 Å². The topological polar surface area (TPSA) is 72.5 Å². The van der Waals surface area contributed by atoms with E-state index in [2.05, 4.69) is 12.2 Å². The molecule has 1 heterocycles. The van der Waals surface area contributed by atoms with Crippen LogP contribution in [0.2, 0.25) is 0 Å². The highest BCUT2D eigenvalue weighted by molar-refractivity contribution is 7.08. The summed E-state index contributed by atoms with van der Waals surface area (Å²) in [5.74, 6) is -0.896. The minimum Gasteiger partial charge on any atom is -0.454 e. The number of ether oxygens (including phenoxy) is 1. The van der Waals surface area contributed by atoms with Gasteiger partial charge in [0.15, 0.2) is 12.4 Å². The fourth-order valence-electron chi connectivity index (χ4n) is 2.30. The van der Waals surface area contributed by atoms with E-state index >= 15 is 0 Å². The van der Waals surface area contributed by atoms with Crippen molar-refractivity contribution in [2.45, 2.75) is 32.6 Å². The number of esters is 1. The third kappa shape index (κ3) is 7.58. The van der Waals surface area contributed by atoms with Gasteiger partial charge in [0.2, 0.25) is 5.91 Å². The maximum Gasteiger partial charge on any atom is 0.331 e. The van der Waals surface area contributed by atoms with Crippen molar-refractivity contribution < 1.29 is 19.1 Å². The number of thiophene rings is 1. The molecule has 142 valence electrons. The molecule has 0 fully saturated rings. The summed E-state index contributed by atoms with van der Waals surface area (Å²) < 4.78 is 4.96. The number of Topliss-reactive ketones (excluding diaryl/α,β-unsaturated/α-hetero) is 1. The average molecular weight is 385 g/mol. The van der Waals surface area contributed by atoms with Gasteiger partial charge in [0, 0.05) is 23.7 Å². The number of hydrogen-bond donors (Lipinski definition) is 1. The van der Waals surface area contributed by atoms with Gasteiger partial charge in [0.25, 0.3) is 0 Å². The van der Waals surface area contributed by atoms with Crippen LogP contribution in [0.25, 0.3) is 6.08 Å². The first kappa shape index (κ1) is 20.6. The van der Waals surface area contributed by atoms with E-state index in [9.17, 15) is 14.4 Å². The molecule has 0 spiro atoms. The second-order valence-corrected chi connectivity index (χ2v) is 6.78. The van der Waals surface area contributed by atoms with Crippen LogP contribution in [0.5, 0.6) is 0 Å². The Hall–Kier alpha value is -2.73. The van der Waals surface area contributed by atoms with Crippen molar-refractivity contribution in [3.05, 3.63) is 58.3 Å². The summed E-state index contributed by atoms with van der Waals surface area (Å²) in [6.07, 6.45) is 6.39. The lowest BCUT2D eigenvalue weighted by Crippen LogP contribution is -2.13. The van der Waals surface area contributed by atoms with E-state index in [-0.39, 0.29) is 18.3 Å². The van der Waals surface area contributed by atoms with Gasteiger partial charge in [-0.3, -0.25) is 9.59 Å². The summed E-state index contributed by atoms with van der Waals surface area (Å²) in [5.41, 5.74) is 1.98. The third-order valence-corrected chi connectivity index (χ3v) is 4.50. The predicted molar refractivity (Wildman–Crippen MR) is 108 cm³/mol. The number of amides is 1. The summed E-state index contributed by atoms with van der Waals surface area (Å²) >= 11 is 1.53. The van der Waals surface area contributed by atoms with Gasteiger partial charge in [0.05, 0.1) is 0 Å². The lowest BCUT2D eigenvalue weighted by atomic mass is 10.1. The van der Waals surface area contributed by atoms with Gasteiger partial charge in [-0.25, -0.2) is 4.79 Å². The number of carbonyl (C=O) groups excluding carboxylic acids is 3. The van der Waals surface area contributed by atoms with Crippen molar-refractivity contribution >= 4 is 40.8 Å². The number of anilines is 1. The number of carbonyl (C=O) groups is 3. The Balaban J connectivity index is 1.77. The monoisotopic (exact) mass is 385 g/mol. The predicted octanol–water partition coefficient (Wildman–Crippen LogP) is 4.71. The first-order valence-corrected chi connectivity index (χ1v) is 9.83. The standard InChI is InChI=1S/C21H23NO4S/c1-2-3-4-5-20(24)22-18-9-7-17(8-10-18)19(23)14-26-21(25)11-6-16-12-13-27-15-16/h6-13,15H,2-5,14H2,1H3,(H,22,24)/b11-6+. The second kappa shape index (κ2) is 11.1. The van der Waals surface area contributed by atoms with Crippen LogP contribution in [0.15, 0.2) is 47.2 Å². The van der Waals surface area contributed by atoms with Crippen molar-refractivity contribution in [3.63, 3.8) is 0 Å². The first-order valence-electron chi connectivity index (χ1n) is 8.88. The molecule has 0 unspecified atom stereocenters. The average Bonchev–Trinajstić information content (AvgIpc) is 3.19. The van der Waals surface area contributed by atoms with Gasteiger partial charge in [-0.05, 0) is 59.2 Å². The number of nitrogens with one attached hydrogen (secondary N) is 1. The Morgan fingerprint density at radius 3 is 2.56 bits per heavy atom. The van der Waals surface area contributed by atoms with Crippen LogP contribution in [0.3, 0.4) is 0 Å². The minimum absolute atomic E-state index is 0.0335. The van der Waals surface area contributed by atoms with Crippen molar-refractivity contribution in [2.75, 3.05) is 11.9 Å². The molecule has 1 aromatic carbocycles. The fourth-order valence-corrected chi connectivity index (χ4v) is 2.93. The number of unbranched alkanes of at least 4 members (excludes halogenated alkanes) is 2. The summed E-state index contributed by atoms with van der Waals surface area (Å²) in [6.45, 7) is 1.76. The molecule has 0 atom stereocenters. The summed E-state index contributed by atoms with van der Waals surface area (Å²) in [4.78, 5) is 35.5. The fraction of sp³-hybridized carbons (Fsp3) is 0.286. The van der Waals surface area contributed by atoms with E-state index in [4.69, 9.17) is 4.74 Å². The Kier molecular flexibility index (Phi) is 8.45. The molecule has 1 amide bonds. The van der Waals surface area contributed by atoms with Crippen molar-refractivity contribution in [2.24, 2.45) is 0 Å². The molecule has 2 rings (SSSR count). The molecule has 0 aliphatic rings. The van der Waals surface area contributed by atoms with Crippen molar-refractivity contribution in [3.8, 4) is 0 Å². The molecule has 6 heteroatoms. The number of hydrogen-bond acceptors (Lipinski definition) is 5. The van der Waals surface area contributed by atoms with E-state index in [1.165, 1.54) is 17.4 Å². The van der Waals surface area contributed by atoms with Gasteiger partial charge in [0.1, 0.15) is 0 Å². The maximum absolute atomic E-state index is 12.1. The van der Waals surface area contributed by atoms with Crippen molar-refractivity contribution in [1.29, 1.82) is 0 Å². The quantitative estimate of drug-likeness (QED) is 0.278. The lowest BCUT2D eigenvalue weighted by molar-refractivity contribution is -0.136. The van der Waals surface area contributed by atoms with Crippen LogP contribution in [-0.2, 0) is 14.3 Å². The van der Waals surface area contributed by atoms with Crippen molar-refractivity contribution in [1.82, 2.24) is 0 Å². The molecule has 5 nitrogen and oxygen atoms in total. The van der Waals surface area contributed by atoms with E-state index in [0.29, 0.717) is 17.7 Å². The SMILES string of the molecule is CCCCCC(=O)Nc1ccc(C(=O)COC(=O)/C=C/c2ccsc2)cc1. The van der Waals surface area contributed by atoms with Gasteiger partial charge in [-0.2, -0.15) is 11.3 Å². The zero-order valence-electron chi connectivity index (χ0n) is 15.3. The molecular weight excluding hydrogens is 362 g/mol. The van der Waals surface area contributed by atoms with Gasteiger partial charge in [-0.15, -0.1) is 0 Å². The van der Waals surface area contributed by atoms with E-state index in [1.54, 1.807) is 30.3 Å². The smallest absolute Gasteiger partial charge is 0.331 e. The molecule has 0 saturated heterocycles. The minimum atomic E-state index is -0.564. The molecule has 0 saturated carbocycles. The van der Waals surface area contributed by atoms with Crippen LogP contribution in [0.4, 0.5) is 5.69 Å². The lowest BCUT2D eigenvalue weighted by Gasteiger charge is -2.06. The number of benzene rings is 1. The zero-order valence-corrected chi connectivity index (χ0v) is 16.1. The maximum atomic E-state index is 12.1. The van der Waals surface area contributed by atoms with Gasteiger partial charge in [-0.1, -0.05) is 19.8 Å². The molecule has 0 bridgehead atoms. The Morgan fingerprint density at radius 2 is 1.89 bits per heavy atom. The van der Waals surface area contributed by atoms with E-state index < -0.39 is 5.97 Å². The molecule has 1 aromatic heterocycles. The number of ketones is 1. The molecular formula is C21H23NO4S. The van der Waals surface area contributed by atoms with Crippen LogP contribution in [0, 0.1) is 0 Å². The molecule has 27 heavy (non-hydrogen) atoms. The van der Waals surface area contributed by atoms with E-state index in [1.807, 2.05) is 16.8 Å². The molecule has 1 N–H and O–H groups in total. The highest BCUT2D eigenvalue weighted by atomic mass is 32.1. The largest absolute Gasteiger partial charge is 0.454 e. The summed E-state index contributed by atoms with van der Waals surface area (Å²) in [6, 6.07) is 8.44. The second-order valence-electron chi connectivity index (χ2n) is 6.00. The highest BCUT2D eigenvalue weighted by Gasteiger charge is 2.09. The van der Waals surface area contributed by atoms with Gasteiger partial charge >= 0.3 is 5.97 Å². The zero-order chi connectivity index (χ0) is 19.5. The van der Waals surface area contributed by atoms with Crippen LogP contribution in [-0.4, -0.2) is 24.3 Å². The van der Waals surface area contributed by atoms with Crippen LogP contribution >= 0.6 is 11.3 Å². The third-order valence-electron chi connectivity index (χ3n) is 3.80. The Morgan fingerprint density at radius 1 is 1.11 bits per heavy atom. The normalized spacial score (nSPS) is 10.7. The number of rotatable bonds is 10. The van der Waals surface area contributed by atoms with E-state index in [0.717, 1.165) is 24.8 Å². The van der Waals surface area contributed by atoms with Crippen LogP contribution < -0.4 is 5.32 Å². The molecule has 0 radical (unpaired) electrons. The summed E-state index contributed by atoms with van der Waals surface area (Å²) in [5, 5.41) is 6.61. The molecule has 2 aromatic rings. The van der Waals surface area contributed by atoms with Gasteiger partial charge < -0.3 is 10.1 Å². The molecule has 0 aliphatic carbocycles. The summed E-state index contributed by atoms with van der Waals surface area (Å²) in [7, 11) is 0. The first-order chi connectivity index (χ1) is 13.1. The Labute approximate surface area is 163 Å². The molecule has 0 aliphatic heterocycles. The Bertz CT molecular complexity index is 779. The highest BCUT2D eigenvalue weighted by Crippen LogP contribution is 2.12.